The molecule has 0 saturated carbocycles. The SMILES string of the molecule is C=C(/C=C\C=C/C)C(=O)Nc1scc(-c2ccccc2)c1C(=O)NCCO. The molecular weight excluding hydrogens is 360 g/mol. The van der Waals surface area contributed by atoms with Crippen LogP contribution in [-0.2, 0) is 4.79 Å². The van der Waals surface area contributed by atoms with E-state index in [1.165, 1.54) is 11.3 Å². The summed E-state index contributed by atoms with van der Waals surface area (Å²) in [5.74, 6) is -0.733. The van der Waals surface area contributed by atoms with E-state index < -0.39 is 0 Å². The molecule has 0 atom stereocenters. The second-order valence-corrected chi connectivity index (χ2v) is 6.44. The van der Waals surface area contributed by atoms with Crippen LogP contribution in [0.2, 0.25) is 0 Å². The third-order valence-corrected chi connectivity index (χ3v) is 4.52. The molecule has 2 rings (SSSR count). The van der Waals surface area contributed by atoms with Gasteiger partial charge < -0.3 is 15.7 Å². The minimum atomic E-state index is -0.381. The van der Waals surface area contributed by atoms with Crippen molar-refractivity contribution in [2.24, 2.45) is 0 Å². The normalized spacial score (nSPS) is 11.0. The monoisotopic (exact) mass is 382 g/mol. The molecule has 0 spiro atoms. The van der Waals surface area contributed by atoms with Gasteiger partial charge in [0.15, 0.2) is 0 Å². The van der Waals surface area contributed by atoms with E-state index in [9.17, 15) is 9.59 Å². The van der Waals surface area contributed by atoms with Gasteiger partial charge in [-0.2, -0.15) is 0 Å². The van der Waals surface area contributed by atoms with Gasteiger partial charge in [-0.1, -0.05) is 61.2 Å². The maximum atomic E-state index is 12.6. The highest BCUT2D eigenvalue weighted by Crippen LogP contribution is 2.35. The lowest BCUT2D eigenvalue weighted by Crippen LogP contribution is -2.27. The third-order valence-electron chi connectivity index (χ3n) is 3.62. The minimum absolute atomic E-state index is 0.134. The molecule has 2 aromatic rings. The van der Waals surface area contributed by atoms with Gasteiger partial charge in [0.1, 0.15) is 5.00 Å². The molecule has 0 aliphatic heterocycles. The Kier molecular flexibility index (Phi) is 7.73. The first-order valence-electron chi connectivity index (χ1n) is 8.44. The van der Waals surface area contributed by atoms with Crippen molar-refractivity contribution < 1.29 is 14.7 Å². The minimum Gasteiger partial charge on any atom is -0.395 e. The summed E-state index contributed by atoms with van der Waals surface area (Å²) in [6.45, 7) is 5.60. The number of hydrogen-bond donors (Lipinski definition) is 3. The predicted molar refractivity (Wildman–Crippen MR) is 111 cm³/mol. The Labute approximate surface area is 162 Å². The number of anilines is 1. The number of hydrogen-bond acceptors (Lipinski definition) is 4. The lowest BCUT2D eigenvalue weighted by molar-refractivity contribution is -0.112. The fraction of sp³-hybridized carbons (Fsp3) is 0.143. The largest absolute Gasteiger partial charge is 0.395 e. The number of carbonyl (C=O) groups excluding carboxylic acids is 2. The van der Waals surface area contributed by atoms with Gasteiger partial charge in [0, 0.05) is 23.1 Å². The van der Waals surface area contributed by atoms with E-state index in [1.54, 1.807) is 18.2 Å². The van der Waals surface area contributed by atoms with Crippen molar-refractivity contribution in [1.82, 2.24) is 5.32 Å². The second-order valence-electron chi connectivity index (χ2n) is 5.56. The summed E-state index contributed by atoms with van der Waals surface area (Å²) in [4.78, 5) is 25.0. The molecule has 140 valence electrons. The summed E-state index contributed by atoms with van der Waals surface area (Å²) in [6, 6.07) is 9.46. The number of rotatable bonds is 8. The maximum absolute atomic E-state index is 12.6. The van der Waals surface area contributed by atoms with Crippen LogP contribution >= 0.6 is 11.3 Å². The zero-order valence-electron chi connectivity index (χ0n) is 15.1. The molecule has 1 aromatic heterocycles. The summed E-state index contributed by atoms with van der Waals surface area (Å²) in [7, 11) is 0. The van der Waals surface area contributed by atoms with Gasteiger partial charge >= 0.3 is 0 Å². The van der Waals surface area contributed by atoms with E-state index in [0.29, 0.717) is 10.6 Å². The van der Waals surface area contributed by atoms with Crippen molar-refractivity contribution in [3.05, 3.63) is 77.7 Å². The number of nitrogens with one attached hydrogen (secondary N) is 2. The highest BCUT2D eigenvalue weighted by atomic mass is 32.1. The van der Waals surface area contributed by atoms with E-state index >= 15 is 0 Å². The molecule has 0 unspecified atom stereocenters. The van der Waals surface area contributed by atoms with Crippen molar-refractivity contribution in [3.63, 3.8) is 0 Å². The number of aliphatic hydroxyl groups is 1. The van der Waals surface area contributed by atoms with E-state index in [0.717, 1.165) is 11.1 Å². The number of amides is 2. The summed E-state index contributed by atoms with van der Waals surface area (Å²) in [6.07, 6.45) is 6.97. The Hall–Kier alpha value is -2.96. The zero-order chi connectivity index (χ0) is 19.6. The number of benzene rings is 1. The molecule has 1 aromatic carbocycles. The summed E-state index contributed by atoms with van der Waals surface area (Å²) >= 11 is 1.27. The first kappa shape index (κ1) is 20.4. The first-order chi connectivity index (χ1) is 13.1. The van der Waals surface area contributed by atoms with Gasteiger partial charge in [-0.25, -0.2) is 0 Å². The van der Waals surface area contributed by atoms with Crippen LogP contribution in [0, 0.1) is 0 Å². The molecule has 0 bridgehead atoms. The highest BCUT2D eigenvalue weighted by Gasteiger charge is 2.21. The van der Waals surface area contributed by atoms with Crippen molar-refractivity contribution in [2.75, 3.05) is 18.5 Å². The van der Waals surface area contributed by atoms with Crippen LogP contribution in [-0.4, -0.2) is 30.1 Å². The summed E-state index contributed by atoms with van der Waals surface area (Å²) < 4.78 is 0. The Morgan fingerprint density at radius 3 is 2.63 bits per heavy atom. The third kappa shape index (κ3) is 5.51. The molecule has 6 heteroatoms. The number of allylic oxidation sites excluding steroid dienone is 3. The lowest BCUT2D eigenvalue weighted by atomic mass is 10.0. The average molecular weight is 382 g/mol. The molecule has 0 saturated heterocycles. The molecule has 1 heterocycles. The standard InChI is InChI=1S/C21H22N2O3S/c1-3-4-6-9-15(2)19(25)23-21-18(20(26)22-12-13-24)17(14-27-21)16-10-7-5-8-11-16/h3-11,14,24H,2,12-13H2,1H3,(H,22,26)(H,23,25)/b4-3-,9-6-. The van der Waals surface area contributed by atoms with Gasteiger partial charge in [-0.05, 0) is 12.5 Å². The Morgan fingerprint density at radius 2 is 1.96 bits per heavy atom. The van der Waals surface area contributed by atoms with E-state index in [4.69, 9.17) is 5.11 Å². The molecule has 0 aliphatic rings. The van der Waals surface area contributed by atoms with Crippen LogP contribution in [0.1, 0.15) is 17.3 Å². The van der Waals surface area contributed by atoms with Crippen LogP contribution in [0.4, 0.5) is 5.00 Å². The van der Waals surface area contributed by atoms with Crippen LogP contribution < -0.4 is 10.6 Å². The van der Waals surface area contributed by atoms with Crippen LogP contribution in [0.15, 0.2) is 72.2 Å². The van der Waals surface area contributed by atoms with Crippen LogP contribution in [0.25, 0.3) is 11.1 Å². The number of thiophene rings is 1. The van der Waals surface area contributed by atoms with E-state index in [-0.39, 0.29) is 30.5 Å². The van der Waals surface area contributed by atoms with Crippen molar-refractivity contribution in [3.8, 4) is 11.1 Å². The zero-order valence-corrected chi connectivity index (χ0v) is 15.9. The number of aliphatic hydroxyl groups excluding tert-OH is 1. The Balaban J connectivity index is 2.33. The fourth-order valence-corrected chi connectivity index (χ4v) is 3.27. The maximum Gasteiger partial charge on any atom is 0.255 e. The number of carbonyl (C=O) groups is 2. The van der Waals surface area contributed by atoms with Gasteiger partial charge in [0.25, 0.3) is 11.8 Å². The van der Waals surface area contributed by atoms with Gasteiger partial charge in [-0.15, -0.1) is 11.3 Å². The van der Waals surface area contributed by atoms with E-state index in [1.807, 2.05) is 48.7 Å². The van der Waals surface area contributed by atoms with Crippen molar-refractivity contribution in [2.45, 2.75) is 6.92 Å². The van der Waals surface area contributed by atoms with Gasteiger partial charge in [0.05, 0.1) is 12.2 Å². The Morgan fingerprint density at radius 1 is 1.22 bits per heavy atom. The summed E-state index contributed by atoms with van der Waals surface area (Å²) in [5, 5.41) is 16.7. The van der Waals surface area contributed by atoms with E-state index in [2.05, 4.69) is 17.2 Å². The fourth-order valence-electron chi connectivity index (χ4n) is 2.31. The van der Waals surface area contributed by atoms with Gasteiger partial charge in [0.2, 0.25) is 0 Å². The first-order valence-corrected chi connectivity index (χ1v) is 9.32. The molecular formula is C21H22N2O3S. The smallest absolute Gasteiger partial charge is 0.255 e. The van der Waals surface area contributed by atoms with Gasteiger partial charge in [-0.3, -0.25) is 9.59 Å². The molecule has 27 heavy (non-hydrogen) atoms. The van der Waals surface area contributed by atoms with Crippen LogP contribution in [0.3, 0.4) is 0 Å². The average Bonchev–Trinajstić information content (AvgIpc) is 3.10. The highest BCUT2D eigenvalue weighted by molar-refractivity contribution is 7.15. The molecule has 0 aliphatic carbocycles. The van der Waals surface area contributed by atoms with Crippen molar-refractivity contribution in [1.29, 1.82) is 0 Å². The second kappa shape index (κ2) is 10.3. The lowest BCUT2D eigenvalue weighted by Gasteiger charge is -2.10. The van der Waals surface area contributed by atoms with Crippen molar-refractivity contribution >= 4 is 28.2 Å². The summed E-state index contributed by atoms with van der Waals surface area (Å²) in [5.41, 5.74) is 2.25. The van der Waals surface area contributed by atoms with Crippen LogP contribution in [0.5, 0.6) is 0 Å². The Bertz CT molecular complexity index is 867. The molecule has 0 fully saturated rings. The predicted octanol–water partition coefficient (Wildman–Crippen LogP) is 3.76. The molecule has 3 N–H and O–H groups in total. The molecule has 2 amide bonds. The molecule has 0 radical (unpaired) electrons. The topological polar surface area (TPSA) is 78.4 Å². The quantitative estimate of drug-likeness (QED) is 0.480. The molecule has 5 nitrogen and oxygen atoms in total.